The van der Waals surface area contributed by atoms with Crippen LogP contribution in [0, 0.1) is 0 Å². The Morgan fingerprint density at radius 2 is 1.69 bits per heavy atom. The van der Waals surface area contributed by atoms with E-state index in [0.717, 1.165) is 53.3 Å². The van der Waals surface area contributed by atoms with Crippen LogP contribution in [0.4, 0.5) is 16.2 Å². The third kappa shape index (κ3) is 6.82. The van der Waals surface area contributed by atoms with Gasteiger partial charge in [0, 0.05) is 13.0 Å². The van der Waals surface area contributed by atoms with Crippen molar-refractivity contribution < 1.29 is 19.1 Å². The largest absolute Gasteiger partial charge is 0.492 e. The highest BCUT2D eigenvalue weighted by atomic mass is 16.5. The number of likely N-dealkylation sites (tertiary alicyclic amines) is 1. The average Bonchev–Trinajstić information content (AvgIpc) is 3.69. The molecule has 1 saturated heterocycles. The molecule has 0 saturated carbocycles. The van der Waals surface area contributed by atoms with Crippen LogP contribution in [0.2, 0.25) is 0 Å². The van der Waals surface area contributed by atoms with Gasteiger partial charge in [-0.1, -0.05) is 45.0 Å². The van der Waals surface area contributed by atoms with Crippen LogP contribution in [0.3, 0.4) is 0 Å². The monoisotopic (exact) mass is 653 g/mol. The van der Waals surface area contributed by atoms with E-state index >= 15 is 0 Å². The highest BCUT2D eigenvalue weighted by Gasteiger charge is 2.33. The zero-order chi connectivity index (χ0) is 34.2. The zero-order valence-electron chi connectivity index (χ0n) is 29.0. The standard InChI is InChI=1S/C37H47N7O4/c1-22(2)43-18-10-13-31(43)35-42-41-33-17-14-25(21-44(33)35)48-32-16-15-28(26-11-8-9-12-27(26)32)39-36(46)40-30-20-24(37(4,5)6)19-29(34(30)47-7)38-23(3)45/h8-9,11-12,14,17,19-22,28,31-32H,10,13,15-16,18H2,1-7H3,(H,38,45)(H2,39,40,46)/t28-,31-,32+/m0/s1. The van der Waals surface area contributed by atoms with Gasteiger partial charge in [0.1, 0.15) is 11.9 Å². The molecule has 0 spiro atoms. The van der Waals surface area contributed by atoms with E-state index in [0.29, 0.717) is 36.0 Å². The fourth-order valence-electron chi connectivity index (χ4n) is 7.03. The van der Waals surface area contributed by atoms with Crippen molar-refractivity contribution in [3.8, 4) is 11.5 Å². The molecule has 1 aliphatic carbocycles. The maximum atomic E-state index is 13.5. The lowest BCUT2D eigenvalue weighted by atomic mass is 9.85. The Morgan fingerprint density at radius 1 is 0.958 bits per heavy atom. The van der Waals surface area contributed by atoms with Gasteiger partial charge in [-0.2, -0.15) is 0 Å². The first-order valence-electron chi connectivity index (χ1n) is 16.9. The molecule has 3 heterocycles. The lowest BCUT2D eigenvalue weighted by Gasteiger charge is -2.32. The molecule has 1 fully saturated rings. The lowest BCUT2D eigenvalue weighted by molar-refractivity contribution is -0.114. The molecule has 4 aromatic rings. The van der Waals surface area contributed by atoms with Gasteiger partial charge < -0.3 is 25.4 Å². The lowest BCUT2D eigenvalue weighted by Crippen LogP contribution is -2.35. The molecule has 0 bridgehead atoms. The number of benzene rings is 2. The first kappa shape index (κ1) is 33.3. The summed E-state index contributed by atoms with van der Waals surface area (Å²) in [6.45, 7) is 13.2. The Kier molecular flexibility index (Phi) is 9.33. The van der Waals surface area contributed by atoms with Gasteiger partial charge >= 0.3 is 6.03 Å². The van der Waals surface area contributed by atoms with Crippen LogP contribution in [0.5, 0.6) is 11.5 Å². The Morgan fingerprint density at radius 3 is 2.38 bits per heavy atom. The molecular formula is C37H47N7O4. The predicted molar refractivity (Wildman–Crippen MR) is 187 cm³/mol. The quantitative estimate of drug-likeness (QED) is 0.182. The average molecular weight is 654 g/mol. The molecule has 6 rings (SSSR count). The maximum absolute atomic E-state index is 13.5. The van der Waals surface area contributed by atoms with E-state index in [1.165, 1.54) is 14.0 Å². The van der Waals surface area contributed by atoms with Crippen molar-refractivity contribution in [2.75, 3.05) is 24.3 Å². The van der Waals surface area contributed by atoms with Gasteiger partial charge in [-0.05, 0) is 92.4 Å². The first-order chi connectivity index (χ1) is 22.9. The number of rotatable bonds is 8. The number of carbonyl (C=O) groups excluding carboxylic acids is 2. The topological polar surface area (TPSA) is 122 Å². The Labute approximate surface area is 282 Å². The second kappa shape index (κ2) is 13.5. The molecule has 0 unspecified atom stereocenters. The number of aromatic nitrogens is 3. The minimum atomic E-state index is -0.361. The number of hydrogen-bond donors (Lipinski definition) is 3. The van der Waals surface area contributed by atoms with E-state index in [9.17, 15) is 9.59 Å². The van der Waals surface area contributed by atoms with Crippen molar-refractivity contribution in [3.63, 3.8) is 0 Å². The zero-order valence-corrected chi connectivity index (χ0v) is 29.0. The van der Waals surface area contributed by atoms with Crippen LogP contribution in [0.15, 0.2) is 54.7 Å². The molecule has 48 heavy (non-hydrogen) atoms. The van der Waals surface area contributed by atoms with Crippen molar-refractivity contribution >= 4 is 29.0 Å². The number of carbonyl (C=O) groups is 2. The molecule has 11 nitrogen and oxygen atoms in total. The molecule has 3 N–H and O–H groups in total. The van der Waals surface area contributed by atoms with Crippen LogP contribution in [0.1, 0.15) is 108 Å². The number of anilines is 2. The van der Waals surface area contributed by atoms with E-state index in [-0.39, 0.29) is 35.5 Å². The number of nitrogens with zero attached hydrogens (tertiary/aromatic N) is 4. The number of fused-ring (bicyclic) bond motifs is 2. The number of methoxy groups -OCH3 is 1. The number of urea groups is 1. The fraction of sp³-hybridized carbons (Fsp3) is 0.459. The summed E-state index contributed by atoms with van der Waals surface area (Å²) in [5.41, 5.74) is 4.57. The van der Waals surface area contributed by atoms with Gasteiger partial charge in [0.2, 0.25) is 5.91 Å². The van der Waals surface area contributed by atoms with Gasteiger partial charge in [0.15, 0.2) is 17.2 Å². The van der Waals surface area contributed by atoms with Gasteiger partial charge in [-0.15, -0.1) is 10.2 Å². The second-order valence-corrected chi connectivity index (χ2v) is 14.1. The van der Waals surface area contributed by atoms with Gasteiger partial charge in [-0.25, -0.2) is 4.79 Å². The van der Waals surface area contributed by atoms with E-state index in [1.54, 1.807) is 0 Å². The summed E-state index contributed by atoms with van der Waals surface area (Å²) in [6, 6.07) is 15.9. The molecule has 3 atom stereocenters. The summed E-state index contributed by atoms with van der Waals surface area (Å²) in [6.07, 6.45) is 5.45. The van der Waals surface area contributed by atoms with Gasteiger partial charge in [0.05, 0.1) is 36.8 Å². The van der Waals surface area contributed by atoms with Crippen LogP contribution in [-0.2, 0) is 10.2 Å². The number of ether oxygens (including phenoxy) is 2. The van der Waals surface area contributed by atoms with Crippen LogP contribution in [-0.4, -0.2) is 51.1 Å². The summed E-state index contributed by atoms with van der Waals surface area (Å²) in [4.78, 5) is 28.0. The van der Waals surface area contributed by atoms with E-state index in [1.807, 2.05) is 48.7 Å². The Balaban J connectivity index is 1.21. The van der Waals surface area contributed by atoms with Crippen molar-refractivity contribution in [2.24, 2.45) is 0 Å². The SMILES string of the molecule is COc1c(NC(C)=O)cc(C(C)(C)C)cc1NC(=O)N[C@H]1CC[C@@H](Oc2ccc3nnc([C@@H]4CCCN4C(C)C)n3c2)c2ccccc21. The van der Waals surface area contributed by atoms with Crippen molar-refractivity contribution in [1.29, 1.82) is 0 Å². The first-order valence-corrected chi connectivity index (χ1v) is 16.9. The maximum Gasteiger partial charge on any atom is 0.319 e. The minimum Gasteiger partial charge on any atom is -0.492 e. The number of nitrogens with one attached hydrogen (secondary N) is 3. The van der Waals surface area contributed by atoms with Crippen molar-refractivity contribution in [1.82, 2.24) is 24.8 Å². The smallest absolute Gasteiger partial charge is 0.319 e. The predicted octanol–water partition coefficient (Wildman–Crippen LogP) is 7.32. The summed E-state index contributed by atoms with van der Waals surface area (Å²) in [7, 11) is 1.52. The third-order valence-corrected chi connectivity index (χ3v) is 9.39. The Hall–Kier alpha value is -4.64. The van der Waals surface area contributed by atoms with Gasteiger partial charge in [0.25, 0.3) is 0 Å². The number of amides is 3. The molecular weight excluding hydrogens is 606 g/mol. The number of pyridine rings is 1. The summed E-state index contributed by atoms with van der Waals surface area (Å²) in [5.74, 6) is 1.88. The van der Waals surface area contributed by atoms with Crippen molar-refractivity contribution in [3.05, 3.63) is 77.2 Å². The summed E-state index contributed by atoms with van der Waals surface area (Å²) in [5, 5.41) is 18.1. The number of hydrogen-bond acceptors (Lipinski definition) is 7. The molecule has 11 heteroatoms. The van der Waals surface area contributed by atoms with E-state index in [4.69, 9.17) is 9.47 Å². The molecule has 2 aromatic carbocycles. The van der Waals surface area contributed by atoms with E-state index < -0.39 is 0 Å². The van der Waals surface area contributed by atoms with Crippen LogP contribution < -0.4 is 25.4 Å². The Bertz CT molecular complexity index is 1810. The fourth-order valence-corrected chi connectivity index (χ4v) is 7.03. The molecule has 254 valence electrons. The summed E-state index contributed by atoms with van der Waals surface area (Å²) < 4.78 is 14.4. The third-order valence-electron chi connectivity index (χ3n) is 9.39. The molecule has 2 aliphatic rings. The van der Waals surface area contributed by atoms with Crippen LogP contribution >= 0.6 is 0 Å². The van der Waals surface area contributed by atoms with E-state index in [2.05, 4.69) is 76.1 Å². The minimum absolute atomic E-state index is 0.179. The second-order valence-electron chi connectivity index (χ2n) is 14.1. The van der Waals surface area contributed by atoms with Gasteiger partial charge in [-0.3, -0.25) is 14.1 Å². The normalized spacial score (nSPS) is 19.6. The highest BCUT2D eigenvalue weighted by molar-refractivity contribution is 5.97. The molecule has 0 radical (unpaired) electrons. The molecule has 2 aromatic heterocycles. The highest BCUT2D eigenvalue weighted by Crippen LogP contribution is 2.41. The molecule has 1 aliphatic heterocycles. The molecule has 3 amide bonds. The van der Waals surface area contributed by atoms with Crippen molar-refractivity contribution in [2.45, 2.75) is 96.9 Å². The summed E-state index contributed by atoms with van der Waals surface area (Å²) >= 11 is 0. The van der Waals surface area contributed by atoms with Crippen LogP contribution in [0.25, 0.3) is 5.65 Å².